The summed E-state index contributed by atoms with van der Waals surface area (Å²) in [5.41, 5.74) is 0. The molecule has 198 valence electrons. The maximum Gasteiger partial charge on any atom is 0.0611 e. The van der Waals surface area contributed by atoms with E-state index in [-0.39, 0.29) is 0 Å². The van der Waals surface area contributed by atoms with Crippen LogP contribution in [0.2, 0.25) is 0 Å². The van der Waals surface area contributed by atoms with Crippen molar-refractivity contribution < 1.29 is 0 Å². The highest BCUT2D eigenvalue weighted by Gasteiger charge is 2.35. The van der Waals surface area contributed by atoms with Crippen molar-refractivity contribution in [2.45, 2.75) is 179 Å². The lowest BCUT2D eigenvalue weighted by Gasteiger charge is -2.39. The average Bonchev–Trinajstić information content (AvgIpc) is 2.83. The molecule has 33 heavy (non-hydrogen) atoms. The molecule has 0 nitrogen and oxygen atoms in total. The summed E-state index contributed by atoms with van der Waals surface area (Å²) < 4.78 is 0.573. The van der Waals surface area contributed by atoms with Crippen molar-refractivity contribution in [2.24, 2.45) is 5.92 Å². The molecule has 1 aliphatic heterocycles. The number of unbranched alkanes of at least 4 members (excludes halogenated alkanes) is 18. The van der Waals surface area contributed by atoms with E-state index in [0.29, 0.717) is 4.08 Å². The minimum Gasteiger partial charge on any atom is -0.144 e. The first-order valence-corrected chi connectivity index (χ1v) is 17.5. The van der Waals surface area contributed by atoms with E-state index >= 15 is 0 Å². The van der Waals surface area contributed by atoms with E-state index < -0.39 is 0 Å². The lowest BCUT2D eigenvalue weighted by atomic mass is 10.0. The molecule has 0 aromatic heterocycles. The zero-order chi connectivity index (χ0) is 23.9. The van der Waals surface area contributed by atoms with Crippen LogP contribution in [0.1, 0.15) is 175 Å². The fourth-order valence-corrected chi connectivity index (χ4v) is 9.21. The van der Waals surface area contributed by atoms with Crippen LogP contribution in [-0.4, -0.2) is 15.6 Å². The van der Waals surface area contributed by atoms with Gasteiger partial charge in [-0.15, -0.1) is 23.5 Å². The summed E-state index contributed by atoms with van der Waals surface area (Å²) >= 11 is 4.73. The van der Waals surface area contributed by atoms with Gasteiger partial charge in [0.05, 0.1) is 4.08 Å². The molecule has 2 heteroatoms. The highest BCUT2D eigenvalue weighted by molar-refractivity contribution is 8.18. The lowest BCUT2D eigenvalue weighted by Crippen LogP contribution is -2.29. The SMILES string of the molecule is CCCCCCCCCCCCC1CSC(CCC)(CCCCCCCCCCCC)SC1. The summed E-state index contributed by atoms with van der Waals surface area (Å²) in [6.07, 6.45) is 35.0. The Hall–Kier alpha value is 0.700. The Bertz CT molecular complexity index is 386. The monoisotopic (exact) mass is 498 g/mol. The van der Waals surface area contributed by atoms with Crippen LogP contribution in [0, 0.1) is 5.92 Å². The van der Waals surface area contributed by atoms with Gasteiger partial charge < -0.3 is 0 Å². The average molecular weight is 499 g/mol. The number of hydrogen-bond donors (Lipinski definition) is 0. The molecule has 0 spiro atoms. The highest BCUT2D eigenvalue weighted by atomic mass is 32.2. The van der Waals surface area contributed by atoms with E-state index in [9.17, 15) is 0 Å². The molecule has 0 atom stereocenters. The molecule has 0 bridgehead atoms. The highest BCUT2D eigenvalue weighted by Crippen LogP contribution is 2.51. The first kappa shape index (κ1) is 31.7. The van der Waals surface area contributed by atoms with Gasteiger partial charge in [-0.25, -0.2) is 0 Å². The molecule has 0 radical (unpaired) electrons. The summed E-state index contributed by atoms with van der Waals surface area (Å²) in [5.74, 6) is 3.89. The quantitative estimate of drug-likeness (QED) is 0.121. The van der Waals surface area contributed by atoms with Crippen molar-refractivity contribution in [1.82, 2.24) is 0 Å². The van der Waals surface area contributed by atoms with Crippen LogP contribution in [-0.2, 0) is 0 Å². The molecule has 1 heterocycles. The molecular weight excluding hydrogens is 436 g/mol. The minimum atomic E-state index is 0.573. The van der Waals surface area contributed by atoms with Crippen LogP contribution in [0.15, 0.2) is 0 Å². The van der Waals surface area contributed by atoms with Gasteiger partial charge in [0.2, 0.25) is 0 Å². The number of rotatable bonds is 24. The summed E-state index contributed by atoms with van der Waals surface area (Å²) in [4.78, 5) is 0. The van der Waals surface area contributed by atoms with Crippen molar-refractivity contribution >= 4 is 23.5 Å². The van der Waals surface area contributed by atoms with E-state index in [1.165, 1.54) is 166 Å². The van der Waals surface area contributed by atoms with E-state index in [1.807, 2.05) is 0 Å². The zero-order valence-electron chi connectivity index (χ0n) is 23.3. The maximum atomic E-state index is 2.40. The summed E-state index contributed by atoms with van der Waals surface area (Å²) in [6, 6.07) is 0. The molecular formula is C31H62S2. The lowest BCUT2D eigenvalue weighted by molar-refractivity contribution is 0.502. The van der Waals surface area contributed by atoms with Gasteiger partial charge in [0, 0.05) is 0 Å². The van der Waals surface area contributed by atoms with Crippen molar-refractivity contribution in [3.63, 3.8) is 0 Å². The predicted octanol–water partition coefficient (Wildman–Crippen LogP) is 12.2. The molecule has 0 saturated carbocycles. The van der Waals surface area contributed by atoms with Gasteiger partial charge >= 0.3 is 0 Å². The number of hydrogen-bond acceptors (Lipinski definition) is 2. The molecule has 0 aliphatic carbocycles. The van der Waals surface area contributed by atoms with Crippen LogP contribution in [0.3, 0.4) is 0 Å². The first-order chi connectivity index (χ1) is 16.3. The standard InChI is InChI=1S/C31H62S2/c1-4-7-9-11-13-15-17-19-21-23-25-30-28-32-31(26-6-3,33-29-30)27-24-22-20-18-16-14-12-10-8-5-2/h30H,4-29H2,1-3H3. The Morgan fingerprint density at radius 2 is 0.848 bits per heavy atom. The molecule has 0 aromatic rings. The van der Waals surface area contributed by atoms with Gasteiger partial charge in [0.15, 0.2) is 0 Å². The second kappa shape index (κ2) is 23.1. The topological polar surface area (TPSA) is 0 Å². The Morgan fingerprint density at radius 3 is 1.27 bits per heavy atom. The molecule has 1 saturated heterocycles. The zero-order valence-corrected chi connectivity index (χ0v) is 24.9. The Morgan fingerprint density at radius 1 is 0.455 bits per heavy atom. The third-order valence-electron chi connectivity index (χ3n) is 7.67. The molecule has 1 aliphatic rings. The molecule has 0 aromatic carbocycles. The molecule has 1 rings (SSSR count). The maximum absolute atomic E-state index is 2.40. The van der Waals surface area contributed by atoms with Crippen LogP contribution in [0.25, 0.3) is 0 Å². The van der Waals surface area contributed by atoms with E-state index in [2.05, 4.69) is 44.3 Å². The van der Waals surface area contributed by atoms with Crippen LogP contribution in [0.4, 0.5) is 0 Å². The second-order valence-electron chi connectivity index (χ2n) is 11.1. The summed E-state index contributed by atoms with van der Waals surface area (Å²) in [5, 5.41) is 0. The van der Waals surface area contributed by atoms with Gasteiger partial charge in [0.1, 0.15) is 0 Å². The largest absolute Gasteiger partial charge is 0.144 e. The third kappa shape index (κ3) is 17.7. The van der Waals surface area contributed by atoms with Crippen LogP contribution < -0.4 is 0 Å². The molecule has 0 N–H and O–H groups in total. The van der Waals surface area contributed by atoms with Crippen molar-refractivity contribution in [1.29, 1.82) is 0 Å². The van der Waals surface area contributed by atoms with Crippen LogP contribution in [0.5, 0.6) is 0 Å². The van der Waals surface area contributed by atoms with Gasteiger partial charge in [-0.1, -0.05) is 156 Å². The van der Waals surface area contributed by atoms with Crippen LogP contribution >= 0.6 is 23.5 Å². The van der Waals surface area contributed by atoms with Gasteiger partial charge in [-0.05, 0) is 36.7 Å². The Kier molecular flexibility index (Phi) is 22.2. The Balaban J connectivity index is 2.02. The van der Waals surface area contributed by atoms with Crippen molar-refractivity contribution in [3.8, 4) is 0 Å². The normalized spacial score (nSPS) is 21.0. The van der Waals surface area contributed by atoms with E-state index in [4.69, 9.17) is 0 Å². The smallest absolute Gasteiger partial charge is 0.0611 e. The molecule has 1 fully saturated rings. The first-order valence-electron chi connectivity index (χ1n) is 15.5. The fourth-order valence-electron chi connectivity index (χ4n) is 5.39. The van der Waals surface area contributed by atoms with Crippen molar-refractivity contribution in [2.75, 3.05) is 11.5 Å². The fraction of sp³-hybridized carbons (Fsp3) is 1.00. The minimum absolute atomic E-state index is 0.573. The summed E-state index contributed by atoms with van der Waals surface area (Å²) in [7, 11) is 0. The van der Waals surface area contributed by atoms with Gasteiger partial charge in [-0.3, -0.25) is 0 Å². The number of thioether (sulfide) groups is 2. The Labute approximate surface area is 219 Å². The van der Waals surface area contributed by atoms with Gasteiger partial charge in [0.25, 0.3) is 0 Å². The summed E-state index contributed by atoms with van der Waals surface area (Å²) in [6.45, 7) is 7.02. The van der Waals surface area contributed by atoms with E-state index in [0.717, 1.165) is 5.92 Å². The van der Waals surface area contributed by atoms with Crippen molar-refractivity contribution in [3.05, 3.63) is 0 Å². The molecule has 0 amide bonds. The second-order valence-corrected chi connectivity index (χ2v) is 14.1. The molecule has 0 unspecified atom stereocenters. The predicted molar refractivity (Wildman–Crippen MR) is 159 cm³/mol. The van der Waals surface area contributed by atoms with E-state index in [1.54, 1.807) is 0 Å². The van der Waals surface area contributed by atoms with Gasteiger partial charge in [-0.2, -0.15) is 0 Å². The third-order valence-corrected chi connectivity index (χ3v) is 11.5.